The van der Waals surface area contributed by atoms with Crippen molar-refractivity contribution in [3.63, 3.8) is 0 Å². The summed E-state index contributed by atoms with van der Waals surface area (Å²) in [6.07, 6.45) is 5.07. The highest BCUT2D eigenvalue weighted by Gasteiger charge is 2.21. The number of amides is 1. The fraction of sp³-hybridized carbons (Fsp3) is 0.250. The zero-order chi connectivity index (χ0) is 22.7. The average molecular weight is 451 g/mol. The molecule has 32 heavy (non-hydrogen) atoms. The SMILES string of the molecule is Cc1ccc(-c2cnc(N3CCCCC3)c(C(=O)Nc3cccc(S(N)(=O)=O)c3)c2)cc1. The van der Waals surface area contributed by atoms with Gasteiger partial charge in [-0.15, -0.1) is 0 Å². The first kappa shape index (κ1) is 22.0. The molecule has 0 radical (unpaired) electrons. The van der Waals surface area contributed by atoms with Crippen LogP contribution < -0.4 is 15.4 Å². The molecule has 0 saturated carbocycles. The lowest BCUT2D eigenvalue weighted by Crippen LogP contribution is -2.32. The first-order valence-electron chi connectivity index (χ1n) is 10.6. The molecule has 0 aliphatic carbocycles. The van der Waals surface area contributed by atoms with Crippen molar-refractivity contribution in [2.75, 3.05) is 23.3 Å². The number of piperidine rings is 1. The summed E-state index contributed by atoms with van der Waals surface area (Å²) in [5.74, 6) is 0.291. The van der Waals surface area contributed by atoms with E-state index in [1.165, 1.54) is 18.6 Å². The van der Waals surface area contributed by atoms with E-state index in [1.807, 2.05) is 37.3 Å². The van der Waals surface area contributed by atoms with E-state index in [0.717, 1.165) is 42.6 Å². The molecule has 1 amide bonds. The monoisotopic (exact) mass is 450 g/mol. The van der Waals surface area contributed by atoms with E-state index in [4.69, 9.17) is 5.14 Å². The number of carbonyl (C=O) groups is 1. The standard InChI is InChI=1S/C24H26N4O3S/c1-17-8-10-18(11-9-17)19-14-22(23(26-16-19)28-12-3-2-4-13-28)24(29)27-20-6-5-7-21(15-20)32(25,30)31/h5-11,14-16H,2-4,12-13H2,1H3,(H,27,29)(H2,25,30,31). The van der Waals surface area contributed by atoms with E-state index in [-0.39, 0.29) is 10.8 Å². The molecule has 166 valence electrons. The molecule has 0 spiro atoms. The minimum atomic E-state index is -3.87. The number of rotatable bonds is 5. The molecule has 1 fully saturated rings. The molecule has 7 nitrogen and oxygen atoms in total. The molecule has 0 unspecified atom stereocenters. The highest BCUT2D eigenvalue weighted by Crippen LogP contribution is 2.28. The van der Waals surface area contributed by atoms with Crippen molar-refractivity contribution in [1.29, 1.82) is 0 Å². The minimum absolute atomic E-state index is 0.0573. The van der Waals surface area contributed by atoms with Crippen LogP contribution in [0.25, 0.3) is 11.1 Å². The van der Waals surface area contributed by atoms with E-state index in [2.05, 4.69) is 15.2 Å². The van der Waals surface area contributed by atoms with Gasteiger partial charge < -0.3 is 10.2 Å². The first-order chi connectivity index (χ1) is 15.3. The smallest absolute Gasteiger partial charge is 0.259 e. The van der Waals surface area contributed by atoms with Gasteiger partial charge in [0.05, 0.1) is 10.5 Å². The van der Waals surface area contributed by atoms with E-state index in [9.17, 15) is 13.2 Å². The van der Waals surface area contributed by atoms with Crippen LogP contribution in [-0.4, -0.2) is 32.4 Å². The predicted octanol–water partition coefficient (Wildman–Crippen LogP) is 3.95. The Hall–Kier alpha value is -3.23. The van der Waals surface area contributed by atoms with Crippen molar-refractivity contribution in [3.05, 3.63) is 71.9 Å². The highest BCUT2D eigenvalue weighted by molar-refractivity contribution is 7.89. The molecule has 1 aromatic heterocycles. The highest BCUT2D eigenvalue weighted by atomic mass is 32.2. The fourth-order valence-electron chi connectivity index (χ4n) is 3.84. The Morgan fingerprint density at radius 3 is 2.41 bits per heavy atom. The maximum Gasteiger partial charge on any atom is 0.259 e. The first-order valence-corrected chi connectivity index (χ1v) is 12.1. The zero-order valence-corrected chi connectivity index (χ0v) is 18.7. The van der Waals surface area contributed by atoms with Crippen LogP contribution in [0.5, 0.6) is 0 Å². The van der Waals surface area contributed by atoms with Crippen molar-refractivity contribution < 1.29 is 13.2 Å². The van der Waals surface area contributed by atoms with Crippen molar-refractivity contribution in [2.45, 2.75) is 31.1 Å². The third kappa shape index (κ3) is 4.98. The second kappa shape index (κ2) is 9.10. The number of benzene rings is 2. The van der Waals surface area contributed by atoms with Gasteiger partial charge in [-0.2, -0.15) is 0 Å². The Labute approximate surface area is 188 Å². The zero-order valence-electron chi connectivity index (χ0n) is 17.9. The summed E-state index contributed by atoms with van der Waals surface area (Å²) in [5.41, 5.74) is 3.77. The van der Waals surface area contributed by atoms with Crippen LogP contribution in [0.15, 0.2) is 65.7 Å². The second-order valence-corrected chi connectivity index (χ2v) is 9.60. The number of carbonyl (C=O) groups excluding carboxylic acids is 1. The van der Waals surface area contributed by atoms with Crippen LogP contribution in [0.3, 0.4) is 0 Å². The normalized spacial score (nSPS) is 14.2. The minimum Gasteiger partial charge on any atom is -0.356 e. The van der Waals surface area contributed by atoms with Crippen LogP contribution in [0, 0.1) is 6.92 Å². The lowest BCUT2D eigenvalue weighted by molar-refractivity contribution is 0.102. The Kier molecular flexibility index (Phi) is 6.25. The van der Waals surface area contributed by atoms with Gasteiger partial charge in [-0.1, -0.05) is 35.9 Å². The van der Waals surface area contributed by atoms with Crippen molar-refractivity contribution in [3.8, 4) is 11.1 Å². The number of primary sulfonamides is 1. The summed E-state index contributed by atoms with van der Waals surface area (Å²) in [7, 11) is -3.87. The van der Waals surface area contributed by atoms with E-state index < -0.39 is 10.0 Å². The summed E-state index contributed by atoms with van der Waals surface area (Å²) >= 11 is 0. The Bertz CT molecular complexity index is 1230. The molecule has 2 heterocycles. The molecule has 0 atom stereocenters. The number of hydrogen-bond acceptors (Lipinski definition) is 5. The molecule has 3 N–H and O–H groups in total. The number of pyridine rings is 1. The van der Waals surface area contributed by atoms with Crippen molar-refractivity contribution in [1.82, 2.24) is 4.98 Å². The largest absolute Gasteiger partial charge is 0.356 e. The quantitative estimate of drug-likeness (QED) is 0.612. The number of anilines is 2. The molecule has 1 aliphatic rings. The molecule has 1 saturated heterocycles. The third-order valence-electron chi connectivity index (χ3n) is 5.57. The number of nitrogens with one attached hydrogen (secondary N) is 1. The van der Waals surface area contributed by atoms with Gasteiger partial charge >= 0.3 is 0 Å². The van der Waals surface area contributed by atoms with Crippen LogP contribution in [0.2, 0.25) is 0 Å². The van der Waals surface area contributed by atoms with Gasteiger partial charge in [0.1, 0.15) is 5.82 Å². The van der Waals surface area contributed by atoms with Gasteiger partial charge in [-0.05, 0) is 56.0 Å². The van der Waals surface area contributed by atoms with Gasteiger partial charge in [0.15, 0.2) is 0 Å². The molecule has 3 aromatic rings. The maximum absolute atomic E-state index is 13.3. The van der Waals surface area contributed by atoms with Gasteiger partial charge in [0.25, 0.3) is 5.91 Å². The molecule has 0 bridgehead atoms. The summed E-state index contributed by atoms with van der Waals surface area (Å²) in [4.78, 5) is 20.1. The van der Waals surface area contributed by atoms with E-state index in [1.54, 1.807) is 18.3 Å². The molecular weight excluding hydrogens is 424 g/mol. The van der Waals surface area contributed by atoms with Gasteiger partial charge in [-0.3, -0.25) is 4.79 Å². The van der Waals surface area contributed by atoms with Crippen LogP contribution in [-0.2, 0) is 10.0 Å². The molecule has 1 aliphatic heterocycles. The number of aromatic nitrogens is 1. The molecule has 2 aromatic carbocycles. The number of sulfonamides is 1. The van der Waals surface area contributed by atoms with E-state index >= 15 is 0 Å². The van der Waals surface area contributed by atoms with Crippen molar-refractivity contribution in [2.24, 2.45) is 5.14 Å². The summed E-state index contributed by atoms with van der Waals surface area (Å²) in [6, 6.07) is 15.8. The number of nitrogens with zero attached hydrogens (tertiary/aromatic N) is 2. The number of aryl methyl sites for hydroxylation is 1. The number of hydrogen-bond donors (Lipinski definition) is 2. The van der Waals surface area contributed by atoms with Gasteiger partial charge in [0, 0.05) is 30.5 Å². The van der Waals surface area contributed by atoms with Crippen molar-refractivity contribution >= 4 is 27.4 Å². The van der Waals surface area contributed by atoms with Gasteiger partial charge in [0.2, 0.25) is 10.0 Å². The Morgan fingerprint density at radius 1 is 1.00 bits per heavy atom. The molecule has 8 heteroatoms. The topological polar surface area (TPSA) is 105 Å². The predicted molar refractivity (Wildman–Crippen MR) is 126 cm³/mol. The molecular formula is C24H26N4O3S. The van der Waals surface area contributed by atoms with Crippen LogP contribution in [0.4, 0.5) is 11.5 Å². The van der Waals surface area contributed by atoms with Gasteiger partial charge in [-0.25, -0.2) is 18.5 Å². The summed E-state index contributed by atoms with van der Waals surface area (Å²) in [6.45, 7) is 3.71. The lowest BCUT2D eigenvalue weighted by Gasteiger charge is -2.29. The Morgan fingerprint density at radius 2 is 1.72 bits per heavy atom. The van der Waals surface area contributed by atoms with Crippen LogP contribution >= 0.6 is 0 Å². The second-order valence-electron chi connectivity index (χ2n) is 8.04. The Balaban J connectivity index is 1.71. The summed E-state index contributed by atoms with van der Waals surface area (Å²) < 4.78 is 23.4. The molecule has 4 rings (SSSR count). The van der Waals surface area contributed by atoms with E-state index in [0.29, 0.717) is 17.1 Å². The van der Waals surface area contributed by atoms with Crippen LogP contribution in [0.1, 0.15) is 35.2 Å². The number of nitrogens with two attached hydrogens (primary N) is 1. The lowest BCUT2D eigenvalue weighted by atomic mass is 10.0. The average Bonchev–Trinajstić information content (AvgIpc) is 2.79. The summed E-state index contributed by atoms with van der Waals surface area (Å²) in [5, 5.41) is 8.04. The fourth-order valence-corrected chi connectivity index (χ4v) is 4.39. The maximum atomic E-state index is 13.3. The third-order valence-corrected chi connectivity index (χ3v) is 6.48.